The summed E-state index contributed by atoms with van der Waals surface area (Å²) in [7, 11) is 0. The fourth-order valence-corrected chi connectivity index (χ4v) is 5.05. The average Bonchev–Trinajstić information content (AvgIpc) is 3.23. The third-order valence-corrected chi connectivity index (χ3v) is 7.13. The van der Waals surface area contributed by atoms with E-state index in [9.17, 15) is 9.59 Å². The fraction of sp³-hybridized carbons (Fsp3) is 0.0833. The van der Waals surface area contributed by atoms with Crippen molar-refractivity contribution >= 4 is 67.3 Å². The number of hydrazone groups is 1. The molecule has 0 fully saturated rings. The molecule has 1 amide bonds. The number of hydrogen-bond donors (Lipinski definition) is 1. The summed E-state index contributed by atoms with van der Waals surface area (Å²) in [6.07, 6.45) is 1.45. The molecule has 1 aromatic heterocycles. The number of nitrogens with one attached hydrogen (secondary N) is 1. The topological polar surface area (TPSA) is 80.6 Å². The summed E-state index contributed by atoms with van der Waals surface area (Å²) in [5, 5.41) is 4.02. The van der Waals surface area contributed by atoms with Crippen LogP contribution in [0.5, 0.6) is 5.75 Å². The van der Waals surface area contributed by atoms with Crippen LogP contribution in [0.3, 0.4) is 0 Å². The van der Waals surface area contributed by atoms with E-state index in [2.05, 4.69) is 31.4 Å². The van der Waals surface area contributed by atoms with Gasteiger partial charge >= 0.3 is 5.97 Å². The molecule has 0 aliphatic rings. The SMILES string of the molecule is Cc1ccc(C(=O)Oc2ccc(Br)cc2/C=N\NC(=O)CSc2nc3ccccc3s2)cc1. The number of aromatic nitrogens is 1. The van der Waals surface area contributed by atoms with Gasteiger partial charge in [-0.1, -0.05) is 57.5 Å². The number of thioether (sulfide) groups is 1. The molecule has 0 aliphatic heterocycles. The number of carbonyl (C=O) groups excluding carboxylic acids is 2. The van der Waals surface area contributed by atoms with E-state index in [0.717, 1.165) is 24.6 Å². The van der Waals surface area contributed by atoms with Crippen molar-refractivity contribution in [3.05, 3.63) is 87.9 Å². The first-order valence-corrected chi connectivity index (χ1v) is 12.5. The second-order valence-electron chi connectivity index (χ2n) is 6.97. The van der Waals surface area contributed by atoms with Gasteiger partial charge in [-0.2, -0.15) is 5.10 Å². The van der Waals surface area contributed by atoms with E-state index < -0.39 is 5.97 Å². The van der Waals surface area contributed by atoms with Crippen LogP contribution in [0.15, 0.2) is 80.6 Å². The zero-order chi connectivity index (χ0) is 23.2. The Morgan fingerprint density at radius 3 is 2.73 bits per heavy atom. The largest absolute Gasteiger partial charge is 0.422 e. The monoisotopic (exact) mass is 539 g/mol. The van der Waals surface area contributed by atoms with Crippen LogP contribution in [0.4, 0.5) is 0 Å². The smallest absolute Gasteiger partial charge is 0.343 e. The molecule has 3 aromatic carbocycles. The van der Waals surface area contributed by atoms with E-state index in [0.29, 0.717) is 16.9 Å². The van der Waals surface area contributed by atoms with Crippen molar-refractivity contribution in [3.63, 3.8) is 0 Å². The summed E-state index contributed by atoms with van der Waals surface area (Å²) < 4.78 is 8.24. The van der Waals surface area contributed by atoms with Gasteiger partial charge in [0.25, 0.3) is 5.91 Å². The molecular weight excluding hydrogens is 522 g/mol. The molecular formula is C24H18BrN3O3S2. The zero-order valence-corrected chi connectivity index (χ0v) is 20.7. The molecule has 0 atom stereocenters. The molecule has 0 bridgehead atoms. The molecule has 0 unspecified atom stereocenters. The van der Waals surface area contributed by atoms with Crippen molar-refractivity contribution < 1.29 is 14.3 Å². The number of carbonyl (C=O) groups is 2. The number of hydrogen-bond acceptors (Lipinski definition) is 7. The molecule has 6 nitrogen and oxygen atoms in total. The Morgan fingerprint density at radius 2 is 1.94 bits per heavy atom. The number of para-hydroxylation sites is 1. The van der Waals surface area contributed by atoms with Gasteiger partial charge in [-0.3, -0.25) is 4.79 Å². The fourth-order valence-electron chi connectivity index (χ4n) is 2.81. The summed E-state index contributed by atoms with van der Waals surface area (Å²) in [6, 6.07) is 20.2. The van der Waals surface area contributed by atoms with Crippen molar-refractivity contribution in [3.8, 4) is 5.75 Å². The van der Waals surface area contributed by atoms with Crippen LogP contribution in [-0.4, -0.2) is 28.8 Å². The van der Waals surface area contributed by atoms with E-state index in [-0.39, 0.29) is 11.7 Å². The Hall–Kier alpha value is -3.01. The molecule has 9 heteroatoms. The number of fused-ring (bicyclic) bond motifs is 1. The molecule has 0 saturated carbocycles. The van der Waals surface area contributed by atoms with E-state index in [1.807, 2.05) is 43.3 Å². The molecule has 4 rings (SSSR count). The number of amides is 1. The Bertz CT molecular complexity index is 1300. The summed E-state index contributed by atoms with van der Waals surface area (Å²) >= 11 is 6.31. The number of ether oxygens (including phenoxy) is 1. The second-order valence-corrected chi connectivity index (χ2v) is 10.1. The van der Waals surface area contributed by atoms with Crippen molar-refractivity contribution in [1.29, 1.82) is 0 Å². The highest BCUT2D eigenvalue weighted by Crippen LogP contribution is 2.29. The molecule has 0 radical (unpaired) electrons. The predicted octanol–water partition coefficient (Wildman–Crippen LogP) is 5.83. The number of thiazole rings is 1. The molecule has 0 saturated heterocycles. The Kier molecular flexibility index (Phi) is 7.54. The molecule has 4 aromatic rings. The summed E-state index contributed by atoms with van der Waals surface area (Å²) in [4.78, 5) is 29.2. The van der Waals surface area contributed by atoms with Crippen LogP contribution in [0.2, 0.25) is 0 Å². The highest BCUT2D eigenvalue weighted by Gasteiger charge is 2.12. The summed E-state index contributed by atoms with van der Waals surface area (Å²) in [5.74, 6) is -0.206. The number of halogens is 1. The highest BCUT2D eigenvalue weighted by atomic mass is 79.9. The van der Waals surface area contributed by atoms with Gasteiger partial charge < -0.3 is 4.74 Å². The van der Waals surface area contributed by atoms with Gasteiger partial charge in [-0.25, -0.2) is 15.2 Å². The maximum Gasteiger partial charge on any atom is 0.343 e. The minimum atomic E-state index is -0.469. The Balaban J connectivity index is 1.36. The van der Waals surface area contributed by atoms with Crippen LogP contribution >= 0.6 is 39.0 Å². The van der Waals surface area contributed by atoms with Gasteiger partial charge in [-0.05, 0) is 49.4 Å². The van der Waals surface area contributed by atoms with Crippen molar-refractivity contribution in [2.75, 3.05) is 5.75 Å². The van der Waals surface area contributed by atoms with Crippen LogP contribution in [0.1, 0.15) is 21.5 Å². The first-order valence-electron chi connectivity index (χ1n) is 9.86. The van der Waals surface area contributed by atoms with Crippen LogP contribution in [-0.2, 0) is 4.79 Å². The lowest BCUT2D eigenvalue weighted by Gasteiger charge is -2.08. The lowest BCUT2D eigenvalue weighted by molar-refractivity contribution is -0.118. The number of benzene rings is 3. The van der Waals surface area contributed by atoms with Gasteiger partial charge in [0.05, 0.1) is 27.7 Å². The normalized spacial score (nSPS) is 11.1. The molecule has 0 spiro atoms. The molecule has 1 heterocycles. The lowest BCUT2D eigenvalue weighted by Crippen LogP contribution is -2.19. The predicted molar refractivity (Wildman–Crippen MR) is 136 cm³/mol. The van der Waals surface area contributed by atoms with Crippen molar-refractivity contribution in [2.24, 2.45) is 5.10 Å². The second kappa shape index (κ2) is 10.7. The minimum absolute atomic E-state index is 0.185. The lowest BCUT2D eigenvalue weighted by atomic mass is 10.1. The highest BCUT2D eigenvalue weighted by molar-refractivity contribution is 9.10. The van der Waals surface area contributed by atoms with Gasteiger partial charge in [0.15, 0.2) is 4.34 Å². The average molecular weight is 540 g/mol. The maximum absolute atomic E-state index is 12.5. The maximum atomic E-state index is 12.5. The standard InChI is InChI=1S/C24H18BrN3O3S2/c1-15-6-8-16(9-7-15)23(30)31-20-11-10-18(25)12-17(20)13-26-28-22(29)14-32-24-27-19-4-2-3-5-21(19)33-24/h2-13H,14H2,1H3,(H,28,29)/b26-13-. The summed E-state index contributed by atoms with van der Waals surface area (Å²) in [6.45, 7) is 1.95. The van der Waals surface area contributed by atoms with Gasteiger partial charge in [0, 0.05) is 10.0 Å². The van der Waals surface area contributed by atoms with E-state index >= 15 is 0 Å². The molecule has 0 aliphatic carbocycles. The quantitative estimate of drug-likeness (QED) is 0.105. The van der Waals surface area contributed by atoms with Gasteiger partial charge in [-0.15, -0.1) is 11.3 Å². The van der Waals surface area contributed by atoms with E-state index in [4.69, 9.17) is 4.74 Å². The number of esters is 1. The third-order valence-electron chi connectivity index (χ3n) is 4.46. The van der Waals surface area contributed by atoms with Crippen LogP contribution in [0.25, 0.3) is 10.2 Å². The Morgan fingerprint density at radius 1 is 1.15 bits per heavy atom. The minimum Gasteiger partial charge on any atom is -0.422 e. The van der Waals surface area contributed by atoms with Crippen LogP contribution < -0.4 is 10.2 Å². The van der Waals surface area contributed by atoms with Crippen LogP contribution in [0, 0.1) is 6.92 Å². The summed E-state index contributed by atoms with van der Waals surface area (Å²) in [5.41, 5.74) is 5.48. The van der Waals surface area contributed by atoms with Crippen molar-refractivity contribution in [1.82, 2.24) is 10.4 Å². The molecule has 166 valence electrons. The number of nitrogens with zero attached hydrogens (tertiary/aromatic N) is 2. The first kappa shape index (κ1) is 23.2. The number of aryl methyl sites for hydroxylation is 1. The first-order chi connectivity index (χ1) is 16.0. The Labute approximate surface area is 207 Å². The van der Waals surface area contributed by atoms with E-state index in [1.165, 1.54) is 18.0 Å². The van der Waals surface area contributed by atoms with E-state index in [1.54, 1.807) is 41.7 Å². The van der Waals surface area contributed by atoms with Crippen molar-refractivity contribution in [2.45, 2.75) is 11.3 Å². The zero-order valence-electron chi connectivity index (χ0n) is 17.4. The third kappa shape index (κ3) is 6.28. The molecule has 1 N–H and O–H groups in total. The van der Waals surface area contributed by atoms with Gasteiger partial charge in [0.1, 0.15) is 5.75 Å². The number of rotatable bonds is 7. The molecule has 33 heavy (non-hydrogen) atoms. The van der Waals surface area contributed by atoms with Gasteiger partial charge in [0.2, 0.25) is 0 Å².